The van der Waals surface area contributed by atoms with E-state index >= 15 is 0 Å². The zero-order valence-electron chi connectivity index (χ0n) is 28.4. The molecule has 5 aromatic rings. The topological polar surface area (TPSA) is 0 Å². The number of hydrogen-bond donors (Lipinski definition) is 0. The smallest absolute Gasteiger partial charge is 0.0105 e. The van der Waals surface area contributed by atoms with Gasteiger partial charge in [-0.05, 0) is 92.7 Å². The van der Waals surface area contributed by atoms with Crippen molar-refractivity contribution >= 4 is 45.8 Å². The predicted molar refractivity (Wildman–Crippen MR) is 206 cm³/mol. The van der Waals surface area contributed by atoms with Gasteiger partial charge in [0.25, 0.3) is 0 Å². The minimum absolute atomic E-state index is 1.19. The predicted octanol–water partition coefficient (Wildman–Crippen LogP) is 14.1. The monoisotopic (exact) mass is 606 g/mol. The molecule has 0 fully saturated rings. The molecule has 0 saturated heterocycles. The van der Waals surface area contributed by atoms with E-state index in [1.165, 1.54) is 145 Å². The number of aryl methyl sites for hydroxylation is 2. The van der Waals surface area contributed by atoms with E-state index in [1.54, 1.807) is 0 Å². The van der Waals surface area contributed by atoms with E-state index in [0.29, 0.717) is 0 Å². The molecule has 0 radical (unpaired) electrons. The third-order valence-electron chi connectivity index (χ3n) is 9.42. The normalized spacial score (nSPS) is 11.9. The Hall–Kier alpha value is -3.90. The number of fused-ring (bicyclic) bond motifs is 3. The molecule has 0 atom stereocenters. The summed E-state index contributed by atoms with van der Waals surface area (Å²) in [5.74, 6) is 0. The fraction of sp³-hybridized carbons (Fsp3) is 0.348. The van der Waals surface area contributed by atoms with Crippen LogP contribution in [0.1, 0.15) is 124 Å². The van der Waals surface area contributed by atoms with Crippen LogP contribution in [0.5, 0.6) is 0 Å². The van der Waals surface area contributed by atoms with Crippen LogP contribution in [0.2, 0.25) is 0 Å². The number of rotatable bonds is 18. The van der Waals surface area contributed by atoms with Gasteiger partial charge in [-0.2, -0.15) is 0 Å². The van der Waals surface area contributed by atoms with E-state index in [4.69, 9.17) is 0 Å². The summed E-state index contributed by atoms with van der Waals surface area (Å²) in [5.41, 5.74) is 7.90. The Balaban J connectivity index is 1.15. The first-order chi connectivity index (χ1) is 22.7. The molecule has 0 N–H and O–H groups in total. The van der Waals surface area contributed by atoms with E-state index < -0.39 is 0 Å². The maximum Gasteiger partial charge on any atom is -0.0105 e. The largest absolute Gasteiger partial charge is 0.0654 e. The maximum absolute atomic E-state index is 2.31. The molecular weight excluding hydrogens is 553 g/mol. The van der Waals surface area contributed by atoms with Gasteiger partial charge in [0.1, 0.15) is 0 Å². The summed E-state index contributed by atoms with van der Waals surface area (Å²) in [4.78, 5) is 0. The summed E-state index contributed by atoms with van der Waals surface area (Å²) >= 11 is 0. The first kappa shape index (κ1) is 33.5. The van der Waals surface area contributed by atoms with Gasteiger partial charge in [-0.1, -0.05) is 187 Å². The second kappa shape index (κ2) is 18.3. The Bertz CT molecular complexity index is 1550. The summed E-state index contributed by atoms with van der Waals surface area (Å²) < 4.78 is 0. The zero-order valence-corrected chi connectivity index (χ0v) is 28.4. The van der Waals surface area contributed by atoms with E-state index in [-0.39, 0.29) is 0 Å². The van der Waals surface area contributed by atoms with Crippen LogP contribution in [0.3, 0.4) is 0 Å². The van der Waals surface area contributed by atoms with Crippen molar-refractivity contribution in [3.63, 3.8) is 0 Å². The van der Waals surface area contributed by atoms with Gasteiger partial charge in [-0.25, -0.2) is 0 Å². The average molecular weight is 607 g/mol. The SMILES string of the molecule is CCCCCCCCc1ccc(/C=C/c2ccc3c(ccc4cc(/C=C/c5ccc(CCCCCCCC)cc5)ccc43)c2)cc1. The number of unbranched alkanes of at least 4 members (excludes halogenated alkanes) is 10. The number of hydrogen-bond acceptors (Lipinski definition) is 0. The van der Waals surface area contributed by atoms with Crippen molar-refractivity contribution in [1.29, 1.82) is 0 Å². The summed E-state index contributed by atoms with van der Waals surface area (Å²) in [5, 5.41) is 5.19. The van der Waals surface area contributed by atoms with Gasteiger partial charge in [-0.15, -0.1) is 0 Å². The molecular formula is C46H54. The van der Waals surface area contributed by atoms with Crippen LogP contribution in [0.4, 0.5) is 0 Å². The van der Waals surface area contributed by atoms with Crippen molar-refractivity contribution in [3.05, 3.63) is 130 Å². The van der Waals surface area contributed by atoms with Crippen molar-refractivity contribution in [2.24, 2.45) is 0 Å². The van der Waals surface area contributed by atoms with Crippen LogP contribution in [-0.2, 0) is 12.8 Å². The van der Waals surface area contributed by atoms with Crippen molar-refractivity contribution < 1.29 is 0 Å². The first-order valence-electron chi connectivity index (χ1n) is 18.2. The Morgan fingerprint density at radius 3 is 1.11 bits per heavy atom. The molecule has 0 amide bonds. The third kappa shape index (κ3) is 10.3. The average Bonchev–Trinajstić information content (AvgIpc) is 3.10. The van der Waals surface area contributed by atoms with E-state index in [0.717, 1.165) is 0 Å². The van der Waals surface area contributed by atoms with E-state index in [2.05, 4.69) is 135 Å². The fourth-order valence-corrected chi connectivity index (χ4v) is 6.51. The molecule has 46 heavy (non-hydrogen) atoms. The van der Waals surface area contributed by atoms with Gasteiger partial charge < -0.3 is 0 Å². The minimum atomic E-state index is 1.19. The highest BCUT2D eigenvalue weighted by molar-refractivity contribution is 6.08. The zero-order chi connectivity index (χ0) is 31.8. The van der Waals surface area contributed by atoms with Crippen molar-refractivity contribution in [1.82, 2.24) is 0 Å². The summed E-state index contributed by atoms with van der Waals surface area (Å²) in [7, 11) is 0. The summed E-state index contributed by atoms with van der Waals surface area (Å²) in [6.45, 7) is 4.56. The minimum Gasteiger partial charge on any atom is -0.0654 e. The third-order valence-corrected chi connectivity index (χ3v) is 9.42. The molecule has 0 aliphatic heterocycles. The van der Waals surface area contributed by atoms with Crippen LogP contribution in [0.15, 0.2) is 97.1 Å². The maximum atomic E-state index is 2.31. The van der Waals surface area contributed by atoms with E-state index in [1.807, 2.05) is 0 Å². The fourth-order valence-electron chi connectivity index (χ4n) is 6.51. The molecule has 0 heteroatoms. The summed E-state index contributed by atoms with van der Waals surface area (Å²) in [6, 6.07) is 36.4. The lowest BCUT2D eigenvalue weighted by atomic mass is 9.98. The highest BCUT2D eigenvalue weighted by Crippen LogP contribution is 2.28. The molecule has 0 spiro atoms. The molecule has 0 aromatic heterocycles. The van der Waals surface area contributed by atoms with Gasteiger partial charge in [0.05, 0.1) is 0 Å². The van der Waals surface area contributed by atoms with Crippen LogP contribution in [0, 0.1) is 0 Å². The molecule has 0 aliphatic carbocycles. The summed E-state index contributed by atoms with van der Waals surface area (Å²) in [6.07, 6.45) is 27.6. The van der Waals surface area contributed by atoms with E-state index in [9.17, 15) is 0 Å². The van der Waals surface area contributed by atoms with Crippen molar-refractivity contribution in [2.45, 2.75) is 104 Å². The number of benzene rings is 5. The van der Waals surface area contributed by atoms with Crippen molar-refractivity contribution in [3.8, 4) is 0 Å². The molecule has 0 heterocycles. The lowest BCUT2D eigenvalue weighted by molar-refractivity contribution is 0.607. The van der Waals surface area contributed by atoms with Gasteiger partial charge in [0.15, 0.2) is 0 Å². The standard InChI is InChI=1S/C46H54/c1-3-5-7-9-11-13-15-37-17-21-39(22-18-37)25-27-41-29-33-45-43(35-41)31-32-44-36-42(30-34-46(44)45)28-26-40-23-19-38(20-24-40)16-14-12-10-8-6-4-2/h17-36H,3-16H2,1-2H3/b27-25+,28-26+. The molecule has 5 aromatic carbocycles. The molecule has 0 aliphatic rings. The van der Waals surface area contributed by atoms with Gasteiger partial charge in [-0.3, -0.25) is 0 Å². The molecule has 238 valence electrons. The van der Waals surface area contributed by atoms with Gasteiger partial charge in [0.2, 0.25) is 0 Å². The molecule has 5 rings (SSSR count). The Morgan fingerprint density at radius 2 is 0.696 bits per heavy atom. The van der Waals surface area contributed by atoms with Crippen LogP contribution >= 0.6 is 0 Å². The lowest BCUT2D eigenvalue weighted by Gasteiger charge is -2.07. The molecule has 0 unspecified atom stereocenters. The second-order valence-electron chi connectivity index (χ2n) is 13.2. The second-order valence-corrected chi connectivity index (χ2v) is 13.2. The van der Waals surface area contributed by atoms with Gasteiger partial charge >= 0.3 is 0 Å². The van der Waals surface area contributed by atoms with Gasteiger partial charge in [0, 0.05) is 0 Å². The van der Waals surface area contributed by atoms with Crippen molar-refractivity contribution in [2.75, 3.05) is 0 Å². The first-order valence-corrected chi connectivity index (χ1v) is 18.2. The van der Waals surface area contributed by atoms with Crippen LogP contribution < -0.4 is 0 Å². The highest BCUT2D eigenvalue weighted by atomic mass is 14.1. The highest BCUT2D eigenvalue weighted by Gasteiger charge is 2.03. The Labute approximate surface area is 279 Å². The molecule has 0 bridgehead atoms. The van der Waals surface area contributed by atoms with Crippen LogP contribution in [0.25, 0.3) is 45.8 Å². The van der Waals surface area contributed by atoms with Crippen LogP contribution in [-0.4, -0.2) is 0 Å². The quantitative estimate of drug-likeness (QED) is 0.0529. The Morgan fingerprint density at radius 1 is 0.348 bits per heavy atom. The Kier molecular flexibility index (Phi) is 13.3. The molecule has 0 nitrogen and oxygen atoms in total. The lowest BCUT2D eigenvalue weighted by Crippen LogP contribution is -1.86. The molecule has 0 saturated carbocycles.